The summed E-state index contributed by atoms with van der Waals surface area (Å²) >= 11 is 0. The van der Waals surface area contributed by atoms with Crippen LogP contribution in [0.3, 0.4) is 0 Å². The SMILES string of the molecule is O=C(O)c1cnc(OCC(F)(F)F)c(C2CCOCC2)c1. The van der Waals surface area contributed by atoms with E-state index < -0.39 is 18.8 Å². The normalized spacial score (nSPS) is 16.7. The molecule has 0 spiro atoms. The minimum absolute atomic E-state index is 0.0733. The van der Waals surface area contributed by atoms with Crippen molar-refractivity contribution in [3.05, 3.63) is 23.4 Å². The molecule has 1 aliphatic heterocycles. The topological polar surface area (TPSA) is 68.7 Å². The first-order valence-corrected chi connectivity index (χ1v) is 6.37. The van der Waals surface area contributed by atoms with Crippen LogP contribution in [0.5, 0.6) is 5.88 Å². The molecule has 0 atom stereocenters. The minimum Gasteiger partial charge on any atom is -0.478 e. The van der Waals surface area contributed by atoms with E-state index in [4.69, 9.17) is 14.6 Å². The number of ether oxygens (including phenoxy) is 2. The zero-order chi connectivity index (χ0) is 15.5. The van der Waals surface area contributed by atoms with E-state index in [1.165, 1.54) is 6.07 Å². The molecule has 0 unspecified atom stereocenters. The van der Waals surface area contributed by atoms with Crippen LogP contribution in [0.4, 0.5) is 13.2 Å². The quantitative estimate of drug-likeness (QED) is 0.926. The standard InChI is InChI=1S/C13H14F3NO4/c14-13(15,16)7-21-11-10(8-1-3-20-4-2-8)5-9(6-17-11)12(18)19/h5-6,8H,1-4,7H2,(H,18,19). The third-order valence-electron chi connectivity index (χ3n) is 3.16. The molecular weight excluding hydrogens is 291 g/mol. The molecule has 5 nitrogen and oxygen atoms in total. The summed E-state index contributed by atoms with van der Waals surface area (Å²) in [5.41, 5.74) is 0.318. The van der Waals surface area contributed by atoms with Gasteiger partial charge < -0.3 is 14.6 Å². The smallest absolute Gasteiger partial charge is 0.422 e. The summed E-state index contributed by atoms with van der Waals surface area (Å²) in [6.07, 6.45) is -2.29. The molecule has 2 rings (SSSR count). The van der Waals surface area contributed by atoms with Gasteiger partial charge >= 0.3 is 12.1 Å². The summed E-state index contributed by atoms with van der Waals surface area (Å²) in [7, 11) is 0. The Morgan fingerprint density at radius 3 is 2.67 bits per heavy atom. The fourth-order valence-electron chi connectivity index (χ4n) is 2.16. The molecule has 0 amide bonds. The molecule has 0 aliphatic carbocycles. The molecule has 1 fully saturated rings. The largest absolute Gasteiger partial charge is 0.478 e. The molecule has 1 aromatic heterocycles. The van der Waals surface area contributed by atoms with Gasteiger partial charge in [-0.15, -0.1) is 0 Å². The maximum Gasteiger partial charge on any atom is 0.422 e. The first-order valence-electron chi connectivity index (χ1n) is 6.37. The summed E-state index contributed by atoms with van der Waals surface area (Å²) < 4.78 is 46.7. The van der Waals surface area contributed by atoms with E-state index in [0.717, 1.165) is 6.20 Å². The van der Waals surface area contributed by atoms with E-state index >= 15 is 0 Å². The van der Waals surface area contributed by atoms with Gasteiger partial charge in [-0.1, -0.05) is 0 Å². The number of nitrogens with zero attached hydrogens (tertiary/aromatic N) is 1. The van der Waals surface area contributed by atoms with Crippen molar-refractivity contribution in [1.29, 1.82) is 0 Å². The van der Waals surface area contributed by atoms with E-state index in [1.807, 2.05) is 0 Å². The number of carbonyl (C=O) groups is 1. The monoisotopic (exact) mass is 305 g/mol. The molecule has 1 aliphatic rings. The van der Waals surface area contributed by atoms with Crippen molar-refractivity contribution in [1.82, 2.24) is 4.98 Å². The predicted octanol–water partition coefficient (Wildman–Crippen LogP) is 2.61. The van der Waals surface area contributed by atoms with Crippen molar-refractivity contribution >= 4 is 5.97 Å². The van der Waals surface area contributed by atoms with E-state index in [9.17, 15) is 18.0 Å². The van der Waals surface area contributed by atoms with Crippen LogP contribution in [0.15, 0.2) is 12.3 Å². The summed E-state index contributed by atoms with van der Waals surface area (Å²) in [6, 6.07) is 1.33. The first kappa shape index (κ1) is 15.6. The lowest BCUT2D eigenvalue weighted by atomic mass is 9.91. The lowest BCUT2D eigenvalue weighted by Crippen LogP contribution is -2.22. The Labute approximate surface area is 118 Å². The third kappa shape index (κ3) is 4.32. The summed E-state index contributed by atoms with van der Waals surface area (Å²) in [5, 5.41) is 8.97. The van der Waals surface area contributed by atoms with Crippen LogP contribution in [0, 0.1) is 0 Å². The van der Waals surface area contributed by atoms with Gasteiger partial charge in [0.15, 0.2) is 6.61 Å². The Kier molecular flexibility index (Phi) is 4.66. The van der Waals surface area contributed by atoms with Crippen molar-refractivity contribution in [3.8, 4) is 5.88 Å². The zero-order valence-electron chi connectivity index (χ0n) is 11.0. The van der Waals surface area contributed by atoms with Gasteiger partial charge in [0.05, 0.1) is 5.56 Å². The van der Waals surface area contributed by atoms with Gasteiger partial charge in [0.25, 0.3) is 0 Å². The fourth-order valence-corrected chi connectivity index (χ4v) is 2.16. The van der Waals surface area contributed by atoms with Crippen LogP contribution < -0.4 is 4.74 Å². The van der Waals surface area contributed by atoms with E-state index in [0.29, 0.717) is 31.6 Å². The molecule has 2 heterocycles. The molecule has 0 saturated carbocycles. The highest BCUT2D eigenvalue weighted by Gasteiger charge is 2.30. The second kappa shape index (κ2) is 6.30. The van der Waals surface area contributed by atoms with Crippen LogP contribution in [0.1, 0.15) is 34.7 Å². The molecule has 1 saturated heterocycles. The molecule has 116 valence electrons. The highest BCUT2D eigenvalue weighted by Crippen LogP contribution is 2.33. The van der Waals surface area contributed by atoms with Gasteiger partial charge in [0, 0.05) is 25.0 Å². The van der Waals surface area contributed by atoms with Crippen LogP contribution in [0.2, 0.25) is 0 Å². The van der Waals surface area contributed by atoms with Crippen LogP contribution in [0.25, 0.3) is 0 Å². The average Bonchev–Trinajstić information content (AvgIpc) is 2.45. The molecule has 21 heavy (non-hydrogen) atoms. The summed E-state index contributed by atoms with van der Waals surface area (Å²) in [5.74, 6) is -1.46. The lowest BCUT2D eigenvalue weighted by molar-refractivity contribution is -0.154. The molecule has 8 heteroatoms. The number of hydrogen-bond donors (Lipinski definition) is 1. The average molecular weight is 305 g/mol. The van der Waals surface area contributed by atoms with Crippen molar-refractivity contribution in [3.63, 3.8) is 0 Å². The van der Waals surface area contributed by atoms with Crippen LogP contribution in [-0.2, 0) is 4.74 Å². The van der Waals surface area contributed by atoms with Crippen molar-refractivity contribution in [2.75, 3.05) is 19.8 Å². The maximum atomic E-state index is 12.3. The van der Waals surface area contributed by atoms with Crippen molar-refractivity contribution in [2.24, 2.45) is 0 Å². The lowest BCUT2D eigenvalue weighted by Gasteiger charge is -2.24. The summed E-state index contributed by atoms with van der Waals surface area (Å²) in [6.45, 7) is -0.510. The van der Waals surface area contributed by atoms with E-state index in [2.05, 4.69) is 4.98 Å². The Balaban J connectivity index is 2.27. The van der Waals surface area contributed by atoms with Gasteiger partial charge in [-0.25, -0.2) is 9.78 Å². The number of carboxylic acids is 1. The summed E-state index contributed by atoms with van der Waals surface area (Å²) in [4.78, 5) is 14.7. The van der Waals surface area contributed by atoms with Gasteiger partial charge in [-0.3, -0.25) is 0 Å². The number of carboxylic acid groups (broad SMARTS) is 1. The molecule has 0 aromatic carbocycles. The van der Waals surface area contributed by atoms with Gasteiger partial charge in [0.1, 0.15) is 0 Å². The number of pyridine rings is 1. The second-order valence-corrected chi connectivity index (χ2v) is 4.71. The molecular formula is C13H14F3NO4. The Hall–Kier alpha value is -1.83. The molecule has 0 radical (unpaired) electrons. The molecule has 1 N–H and O–H groups in total. The van der Waals surface area contributed by atoms with Crippen LogP contribution in [-0.4, -0.2) is 42.1 Å². The Bertz CT molecular complexity index is 513. The highest BCUT2D eigenvalue weighted by atomic mass is 19.4. The first-order chi connectivity index (χ1) is 9.87. The minimum atomic E-state index is -4.47. The number of rotatable bonds is 4. The van der Waals surface area contributed by atoms with Gasteiger partial charge in [-0.2, -0.15) is 13.2 Å². The van der Waals surface area contributed by atoms with Crippen molar-refractivity contribution < 1.29 is 32.5 Å². The molecule has 0 bridgehead atoms. The van der Waals surface area contributed by atoms with Gasteiger partial charge in [0.2, 0.25) is 5.88 Å². The maximum absolute atomic E-state index is 12.3. The van der Waals surface area contributed by atoms with Crippen LogP contribution >= 0.6 is 0 Å². The second-order valence-electron chi connectivity index (χ2n) is 4.71. The van der Waals surface area contributed by atoms with Gasteiger partial charge in [-0.05, 0) is 24.8 Å². The van der Waals surface area contributed by atoms with Crippen molar-refractivity contribution in [2.45, 2.75) is 24.9 Å². The van der Waals surface area contributed by atoms with E-state index in [-0.39, 0.29) is 17.4 Å². The number of alkyl halides is 3. The highest BCUT2D eigenvalue weighted by molar-refractivity contribution is 5.87. The Morgan fingerprint density at radius 2 is 2.10 bits per heavy atom. The number of hydrogen-bond acceptors (Lipinski definition) is 4. The zero-order valence-corrected chi connectivity index (χ0v) is 11.0. The fraction of sp³-hybridized carbons (Fsp3) is 0.538. The van der Waals surface area contributed by atoms with E-state index in [1.54, 1.807) is 0 Å². The number of aromatic carboxylic acids is 1. The Morgan fingerprint density at radius 1 is 1.43 bits per heavy atom. The third-order valence-corrected chi connectivity index (χ3v) is 3.16. The predicted molar refractivity (Wildman–Crippen MR) is 65.5 cm³/mol. The number of aromatic nitrogens is 1. The number of halogens is 3. The molecule has 1 aromatic rings.